The minimum absolute atomic E-state index is 0.00840. The Labute approximate surface area is 224 Å². The van der Waals surface area contributed by atoms with E-state index >= 15 is 0 Å². The van der Waals surface area contributed by atoms with Gasteiger partial charge >= 0.3 is 0 Å². The molecule has 38 heavy (non-hydrogen) atoms. The number of carbonyl (C=O) groups is 2. The van der Waals surface area contributed by atoms with Crippen LogP contribution in [0, 0.1) is 0 Å². The van der Waals surface area contributed by atoms with Gasteiger partial charge in [0.25, 0.3) is 11.7 Å². The van der Waals surface area contributed by atoms with Gasteiger partial charge < -0.3 is 19.3 Å². The Morgan fingerprint density at radius 2 is 1.63 bits per heavy atom. The highest BCUT2D eigenvalue weighted by Gasteiger charge is 2.47. The highest BCUT2D eigenvalue weighted by molar-refractivity contribution is 7.10. The SMILES string of the molecule is COc1ccc(/C(O)=C2/C(=O)C(=O)N(c3ccc(OCc4ccccc4)cc3)C2c2cccs2)cc1OC. The Hall–Kier alpha value is -4.56. The Morgan fingerprint density at radius 3 is 2.29 bits per heavy atom. The number of rotatable bonds is 8. The first-order valence-corrected chi connectivity index (χ1v) is 12.7. The normalized spacial score (nSPS) is 16.5. The van der Waals surface area contributed by atoms with Crippen LogP contribution in [0.15, 0.2) is 95.9 Å². The number of thiophene rings is 1. The molecule has 0 saturated carbocycles. The molecule has 3 aromatic carbocycles. The summed E-state index contributed by atoms with van der Waals surface area (Å²) in [5, 5.41) is 13.2. The van der Waals surface area contributed by atoms with Gasteiger partial charge in [-0.3, -0.25) is 14.5 Å². The summed E-state index contributed by atoms with van der Waals surface area (Å²) < 4.78 is 16.5. The fraction of sp³-hybridized carbons (Fsp3) is 0.133. The number of nitrogens with zero attached hydrogens (tertiary/aromatic N) is 1. The van der Waals surface area contributed by atoms with Crippen LogP contribution >= 0.6 is 11.3 Å². The van der Waals surface area contributed by atoms with Crippen molar-refractivity contribution in [3.63, 3.8) is 0 Å². The van der Waals surface area contributed by atoms with Crippen LogP contribution in [-0.4, -0.2) is 31.0 Å². The summed E-state index contributed by atoms with van der Waals surface area (Å²) in [5.74, 6) is -0.262. The predicted molar refractivity (Wildman–Crippen MR) is 146 cm³/mol. The molecule has 0 aliphatic carbocycles. The Kier molecular flexibility index (Phi) is 7.15. The summed E-state index contributed by atoms with van der Waals surface area (Å²) in [7, 11) is 3.00. The van der Waals surface area contributed by atoms with Crippen LogP contribution in [0.5, 0.6) is 17.2 Å². The van der Waals surface area contributed by atoms with E-state index in [0.29, 0.717) is 35.1 Å². The molecule has 1 unspecified atom stereocenters. The minimum Gasteiger partial charge on any atom is -0.507 e. The van der Waals surface area contributed by atoms with E-state index in [-0.39, 0.29) is 11.3 Å². The third-order valence-corrected chi connectivity index (χ3v) is 7.20. The number of Topliss-reactive ketones (excluding diaryl/α,β-unsaturated/α-hetero) is 1. The number of hydrogen-bond acceptors (Lipinski definition) is 7. The van der Waals surface area contributed by atoms with Gasteiger partial charge in [-0.1, -0.05) is 36.4 Å². The maximum Gasteiger partial charge on any atom is 0.300 e. The van der Waals surface area contributed by atoms with Gasteiger partial charge in [-0.15, -0.1) is 11.3 Å². The summed E-state index contributed by atoms with van der Waals surface area (Å²) in [6, 6.07) is 24.5. The molecule has 1 fully saturated rings. The topological polar surface area (TPSA) is 85.3 Å². The lowest BCUT2D eigenvalue weighted by Gasteiger charge is -2.24. The number of aliphatic hydroxyl groups is 1. The molecular weight excluding hydrogens is 502 g/mol. The fourth-order valence-electron chi connectivity index (χ4n) is 4.40. The zero-order chi connectivity index (χ0) is 26.6. The van der Waals surface area contributed by atoms with Crippen LogP contribution in [0.4, 0.5) is 5.69 Å². The van der Waals surface area contributed by atoms with Gasteiger partial charge in [0.1, 0.15) is 24.2 Å². The smallest absolute Gasteiger partial charge is 0.300 e. The molecule has 7 nitrogen and oxygen atoms in total. The van der Waals surface area contributed by atoms with Crippen molar-refractivity contribution in [2.45, 2.75) is 12.6 Å². The standard InChI is InChI=1S/C30H25NO6S/c1-35-23-15-10-20(17-24(23)36-2)28(32)26-27(25-9-6-16-38-25)31(30(34)29(26)33)21-11-13-22(14-12-21)37-18-19-7-4-3-5-8-19/h3-17,27,32H,18H2,1-2H3/b28-26-. The number of carbonyl (C=O) groups excluding carboxylic acids is 2. The molecule has 1 N–H and O–H groups in total. The van der Waals surface area contributed by atoms with Gasteiger partial charge in [-0.2, -0.15) is 0 Å². The molecule has 1 aliphatic rings. The van der Waals surface area contributed by atoms with Gasteiger partial charge in [0.15, 0.2) is 11.5 Å². The molecule has 0 spiro atoms. The summed E-state index contributed by atoms with van der Waals surface area (Å²) >= 11 is 1.40. The Balaban J connectivity index is 1.51. The first-order valence-electron chi connectivity index (χ1n) is 11.9. The van der Waals surface area contributed by atoms with Crippen molar-refractivity contribution >= 4 is 34.5 Å². The van der Waals surface area contributed by atoms with E-state index in [1.54, 1.807) is 42.5 Å². The van der Waals surface area contributed by atoms with E-state index in [4.69, 9.17) is 14.2 Å². The molecule has 8 heteroatoms. The van der Waals surface area contributed by atoms with E-state index < -0.39 is 17.7 Å². The Morgan fingerprint density at radius 1 is 0.895 bits per heavy atom. The second kappa shape index (κ2) is 10.8. The summed E-state index contributed by atoms with van der Waals surface area (Å²) in [5.41, 5.74) is 1.90. The lowest BCUT2D eigenvalue weighted by Crippen LogP contribution is -2.29. The molecule has 0 radical (unpaired) electrons. The largest absolute Gasteiger partial charge is 0.507 e. The lowest BCUT2D eigenvalue weighted by molar-refractivity contribution is -0.132. The molecule has 1 atom stereocenters. The van der Waals surface area contributed by atoms with Crippen LogP contribution < -0.4 is 19.1 Å². The van der Waals surface area contributed by atoms with Crippen LogP contribution in [-0.2, 0) is 16.2 Å². The van der Waals surface area contributed by atoms with Crippen molar-refractivity contribution in [2.75, 3.05) is 19.1 Å². The molecular formula is C30H25NO6S. The number of benzene rings is 3. The van der Waals surface area contributed by atoms with E-state index in [1.807, 2.05) is 47.8 Å². The Bertz CT molecular complexity index is 1480. The molecule has 0 bridgehead atoms. The zero-order valence-corrected chi connectivity index (χ0v) is 21.6. The molecule has 1 aromatic heterocycles. The summed E-state index contributed by atoms with van der Waals surface area (Å²) in [6.07, 6.45) is 0. The second-order valence-electron chi connectivity index (χ2n) is 8.52. The highest BCUT2D eigenvalue weighted by atomic mass is 32.1. The van der Waals surface area contributed by atoms with Gasteiger partial charge in [0.2, 0.25) is 0 Å². The predicted octanol–water partition coefficient (Wildman–Crippen LogP) is 5.97. The van der Waals surface area contributed by atoms with Gasteiger partial charge in [-0.25, -0.2) is 0 Å². The number of hydrogen-bond donors (Lipinski definition) is 1. The van der Waals surface area contributed by atoms with Crippen molar-refractivity contribution in [1.82, 2.24) is 0 Å². The second-order valence-corrected chi connectivity index (χ2v) is 9.50. The quantitative estimate of drug-likeness (QED) is 0.173. The van der Waals surface area contributed by atoms with Crippen molar-refractivity contribution in [3.05, 3.63) is 112 Å². The minimum atomic E-state index is -0.792. The number of aliphatic hydroxyl groups excluding tert-OH is 1. The van der Waals surface area contributed by atoms with E-state index in [9.17, 15) is 14.7 Å². The molecule has 2 heterocycles. The summed E-state index contributed by atoms with van der Waals surface area (Å²) in [4.78, 5) is 28.8. The summed E-state index contributed by atoms with van der Waals surface area (Å²) in [6.45, 7) is 0.408. The lowest BCUT2D eigenvalue weighted by atomic mass is 9.99. The number of ether oxygens (including phenoxy) is 3. The number of anilines is 1. The average molecular weight is 528 g/mol. The van der Waals surface area contributed by atoms with Crippen LogP contribution in [0.1, 0.15) is 22.0 Å². The number of methoxy groups -OCH3 is 2. The third kappa shape index (κ3) is 4.73. The average Bonchev–Trinajstić information content (AvgIpc) is 3.58. The monoisotopic (exact) mass is 527 g/mol. The molecule has 4 aromatic rings. The zero-order valence-electron chi connectivity index (χ0n) is 20.8. The first-order chi connectivity index (χ1) is 18.5. The van der Waals surface area contributed by atoms with E-state index in [2.05, 4.69) is 0 Å². The molecule has 1 aliphatic heterocycles. The van der Waals surface area contributed by atoms with Crippen molar-refractivity contribution < 1.29 is 28.9 Å². The molecule has 1 saturated heterocycles. The highest BCUT2D eigenvalue weighted by Crippen LogP contribution is 2.44. The van der Waals surface area contributed by atoms with E-state index in [0.717, 1.165) is 10.4 Å². The van der Waals surface area contributed by atoms with Crippen molar-refractivity contribution in [2.24, 2.45) is 0 Å². The maximum atomic E-state index is 13.3. The van der Waals surface area contributed by atoms with Crippen LogP contribution in [0.3, 0.4) is 0 Å². The molecule has 1 amide bonds. The number of ketones is 1. The maximum absolute atomic E-state index is 13.3. The van der Waals surface area contributed by atoms with Gasteiger partial charge in [0, 0.05) is 16.1 Å². The fourth-order valence-corrected chi connectivity index (χ4v) is 5.22. The van der Waals surface area contributed by atoms with Crippen molar-refractivity contribution in [1.29, 1.82) is 0 Å². The van der Waals surface area contributed by atoms with Gasteiger partial charge in [-0.05, 0) is 59.5 Å². The first kappa shape index (κ1) is 25.1. The third-order valence-electron chi connectivity index (χ3n) is 6.28. The van der Waals surface area contributed by atoms with Crippen LogP contribution in [0.25, 0.3) is 5.76 Å². The van der Waals surface area contributed by atoms with Gasteiger partial charge in [0.05, 0.1) is 19.8 Å². The number of amides is 1. The van der Waals surface area contributed by atoms with E-state index in [1.165, 1.54) is 30.5 Å². The molecule has 192 valence electrons. The van der Waals surface area contributed by atoms with Crippen LogP contribution in [0.2, 0.25) is 0 Å². The van der Waals surface area contributed by atoms with Crippen molar-refractivity contribution in [3.8, 4) is 17.2 Å². The molecule has 5 rings (SSSR count).